The molecule has 0 saturated carbocycles. The van der Waals surface area contributed by atoms with Crippen molar-refractivity contribution in [1.29, 1.82) is 0 Å². The smallest absolute Gasteiger partial charge is 0.289 e. The molecule has 1 fully saturated rings. The van der Waals surface area contributed by atoms with Gasteiger partial charge in [-0.05, 0) is 18.4 Å². The van der Waals surface area contributed by atoms with Crippen molar-refractivity contribution in [2.75, 3.05) is 53.2 Å². The number of nitrogens with zero attached hydrogens (tertiary/aromatic N) is 2. The van der Waals surface area contributed by atoms with Gasteiger partial charge < -0.3 is 24.2 Å². The Kier molecular flexibility index (Phi) is 11.2. The molecule has 0 bridgehead atoms. The average Bonchev–Trinajstić information content (AvgIpc) is 3.41. The van der Waals surface area contributed by atoms with Gasteiger partial charge in [0.25, 0.3) is 11.8 Å². The third kappa shape index (κ3) is 8.35. The van der Waals surface area contributed by atoms with E-state index in [1.807, 2.05) is 0 Å². The van der Waals surface area contributed by atoms with Crippen LogP contribution in [0.5, 0.6) is 0 Å². The van der Waals surface area contributed by atoms with E-state index in [1.54, 1.807) is 47.7 Å². The van der Waals surface area contributed by atoms with E-state index in [4.69, 9.17) is 14.2 Å². The van der Waals surface area contributed by atoms with E-state index in [1.165, 1.54) is 11.3 Å². The number of rotatable bonds is 12. The third-order valence-corrected chi connectivity index (χ3v) is 6.65. The Morgan fingerprint density at radius 3 is 2.50 bits per heavy atom. The van der Waals surface area contributed by atoms with Crippen molar-refractivity contribution >= 4 is 29.1 Å². The van der Waals surface area contributed by atoms with E-state index in [9.17, 15) is 19.5 Å². The monoisotopic (exact) mass is 520 g/mol. The number of thiazole rings is 1. The van der Waals surface area contributed by atoms with Crippen molar-refractivity contribution in [2.45, 2.75) is 24.9 Å². The van der Waals surface area contributed by atoms with Crippen molar-refractivity contribution in [3.8, 4) is 0 Å². The summed E-state index contributed by atoms with van der Waals surface area (Å²) in [6, 6.07) is 8.42. The van der Waals surface area contributed by atoms with Gasteiger partial charge in [-0.25, -0.2) is 4.98 Å². The summed E-state index contributed by atoms with van der Waals surface area (Å²) >= 11 is 1.37. The number of aliphatic hydroxyl groups is 1. The molecule has 12 heteroatoms. The van der Waals surface area contributed by atoms with Crippen molar-refractivity contribution in [3.05, 3.63) is 52.0 Å². The summed E-state index contributed by atoms with van der Waals surface area (Å²) < 4.78 is 15.6. The molecule has 11 nitrogen and oxygen atoms in total. The van der Waals surface area contributed by atoms with Gasteiger partial charge in [0.15, 0.2) is 6.10 Å². The maximum Gasteiger partial charge on any atom is 0.289 e. The fourth-order valence-electron chi connectivity index (χ4n) is 3.61. The van der Waals surface area contributed by atoms with E-state index >= 15 is 0 Å². The molecule has 1 aliphatic rings. The summed E-state index contributed by atoms with van der Waals surface area (Å²) in [5.41, 5.74) is 5.12. The summed E-state index contributed by atoms with van der Waals surface area (Å²) in [5, 5.41) is 12.5. The van der Waals surface area contributed by atoms with Gasteiger partial charge in [0.05, 0.1) is 31.4 Å². The molecule has 0 aliphatic carbocycles. The lowest BCUT2D eigenvalue weighted by Gasteiger charge is -2.31. The number of aliphatic hydroxyl groups excluding tert-OH is 1. The summed E-state index contributed by atoms with van der Waals surface area (Å²) in [6.45, 7) is 2.97. The molecule has 1 atom stereocenters. The van der Waals surface area contributed by atoms with Gasteiger partial charge in [0.2, 0.25) is 5.91 Å². The summed E-state index contributed by atoms with van der Waals surface area (Å²) in [6.07, 6.45) is 0.0750. The number of hydrazine groups is 1. The molecule has 0 spiro atoms. The number of likely N-dealkylation sites (tertiary alicyclic amines) is 1. The first-order chi connectivity index (χ1) is 17.5. The first-order valence-corrected chi connectivity index (χ1v) is 12.6. The lowest BCUT2D eigenvalue weighted by molar-refractivity contribution is -0.137. The highest BCUT2D eigenvalue weighted by molar-refractivity contribution is 7.09. The third-order valence-electron chi connectivity index (χ3n) is 5.64. The number of aromatic nitrogens is 1. The molecule has 3 amide bonds. The van der Waals surface area contributed by atoms with Gasteiger partial charge in [-0.1, -0.05) is 30.3 Å². The standard InChI is InChI=1S/C24H32N4O7S/c1-33-11-12-34-13-14-35-15-20(29)28-9-7-18(8-10-28)24-25-19(16-36-24)22(31)26-27-23(32)21(30)17-5-3-2-4-6-17/h2-6,16,18,21,30H,7-15H2,1H3,(H,26,31)(H,27,32). The quantitative estimate of drug-likeness (QED) is 0.279. The van der Waals surface area contributed by atoms with Crippen LogP contribution in [0.2, 0.25) is 0 Å². The lowest BCUT2D eigenvalue weighted by atomic mass is 9.97. The minimum atomic E-state index is -1.40. The highest BCUT2D eigenvalue weighted by Gasteiger charge is 2.26. The molecule has 2 aromatic rings. The van der Waals surface area contributed by atoms with Crippen LogP contribution in [0.25, 0.3) is 0 Å². The van der Waals surface area contributed by atoms with Gasteiger partial charge in [-0.3, -0.25) is 25.2 Å². The number of carbonyl (C=O) groups is 3. The molecule has 3 N–H and O–H groups in total. The highest BCUT2D eigenvalue weighted by Crippen LogP contribution is 2.30. The second kappa shape index (κ2) is 14.6. The molecule has 1 aliphatic heterocycles. The minimum Gasteiger partial charge on any atom is -0.382 e. The summed E-state index contributed by atoms with van der Waals surface area (Å²) in [4.78, 5) is 43.1. The molecular weight excluding hydrogens is 488 g/mol. The number of ether oxygens (including phenoxy) is 3. The summed E-state index contributed by atoms with van der Waals surface area (Å²) in [5.74, 6) is -1.23. The molecule has 1 aromatic heterocycles. The average molecular weight is 521 g/mol. The van der Waals surface area contributed by atoms with E-state index in [2.05, 4.69) is 15.8 Å². The van der Waals surface area contributed by atoms with Crippen molar-refractivity contribution in [1.82, 2.24) is 20.7 Å². The Labute approximate surface area is 213 Å². The Morgan fingerprint density at radius 2 is 1.78 bits per heavy atom. The van der Waals surface area contributed by atoms with Crippen molar-refractivity contribution < 1.29 is 33.7 Å². The van der Waals surface area contributed by atoms with Crippen LogP contribution in [0.3, 0.4) is 0 Å². The highest BCUT2D eigenvalue weighted by atomic mass is 32.1. The fraction of sp³-hybridized carbons (Fsp3) is 0.500. The first-order valence-electron chi connectivity index (χ1n) is 11.7. The summed E-state index contributed by atoms with van der Waals surface area (Å²) in [7, 11) is 1.61. The Morgan fingerprint density at radius 1 is 1.08 bits per heavy atom. The molecule has 3 rings (SSSR count). The van der Waals surface area contributed by atoms with Crippen LogP contribution in [-0.4, -0.2) is 85.9 Å². The number of benzene rings is 1. The van der Waals surface area contributed by atoms with Crippen LogP contribution in [0.1, 0.15) is 45.9 Å². The molecule has 0 radical (unpaired) electrons. The number of nitrogens with one attached hydrogen (secondary N) is 2. The number of amides is 3. The zero-order valence-electron chi connectivity index (χ0n) is 20.2. The zero-order valence-corrected chi connectivity index (χ0v) is 21.0. The lowest BCUT2D eigenvalue weighted by Crippen LogP contribution is -2.44. The first kappa shape index (κ1) is 27.7. The molecular formula is C24H32N4O7S. The zero-order chi connectivity index (χ0) is 25.8. The predicted octanol–water partition coefficient (Wildman–Crippen LogP) is 1.02. The van der Waals surface area contributed by atoms with Crippen LogP contribution in [0, 0.1) is 0 Å². The second-order valence-corrected chi connectivity index (χ2v) is 9.03. The van der Waals surface area contributed by atoms with Gasteiger partial charge >= 0.3 is 0 Å². The van der Waals surface area contributed by atoms with Crippen LogP contribution in [0.15, 0.2) is 35.7 Å². The van der Waals surface area contributed by atoms with Crippen LogP contribution < -0.4 is 10.9 Å². The number of hydrogen-bond acceptors (Lipinski definition) is 9. The van der Waals surface area contributed by atoms with Crippen LogP contribution in [0.4, 0.5) is 0 Å². The maximum atomic E-state index is 12.4. The van der Waals surface area contributed by atoms with Gasteiger partial charge in [0, 0.05) is 31.5 Å². The van der Waals surface area contributed by atoms with Gasteiger partial charge in [0.1, 0.15) is 12.3 Å². The topological polar surface area (TPSA) is 139 Å². The van der Waals surface area contributed by atoms with Crippen molar-refractivity contribution in [3.63, 3.8) is 0 Å². The minimum absolute atomic E-state index is 0.0184. The van der Waals surface area contributed by atoms with Crippen LogP contribution in [-0.2, 0) is 23.8 Å². The van der Waals surface area contributed by atoms with E-state index in [0.29, 0.717) is 45.1 Å². The fourth-order valence-corrected chi connectivity index (χ4v) is 4.58. The molecule has 36 heavy (non-hydrogen) atoms. The normalized spacial score (nSPS) is 14.9. The largest absolute Gasteiger partial charge is 0.382 e. The Hall–Kier alpha value is -2.90. The molecule has 1 unspecified atom stereocenters. The maximum absolute atomic E-state index is 12.4. The number of piperidine rings is 1. The van der Waals surface area contributed by atoms with E-state index in [0.717, 1.165) is 17.8 Å². The van der Waals surface area contributed by atoms with E-state index < -0.39 is 17.9 Å². The number of carbonyl (C=O) groups excluding carboxylic acids is 3. The molecule has 2 heterocycles. The van der Waals surface area contributed by atoms with E-state index in [-0.39, 0.29) is 24.1 Å². The number of methoxy groups -OCH3 is 1. The van der Waals surface area contributed by atoms with Gasteiger partial charge in [-0.15, -0.1) is 11.3 Å². The van der Waals surface area contributed by atoms with Crippen molar-refractivity contribution in [2.24, 2.45) is 0 Å². The van der Waals surface area contributed by atoms with Crippen LogP contribution >= 0.6 is 11.3 Å². The number of hydrogen-bond donors (Lipinski definition) is 3. The van der Waals surface area contributed by atoms with Gasteiger partial charge in [-0.2, -0.15) is 0 Å². The Balaban J connectivity index is 1.37. The molecule has 196 valence electrons. The Bertz CT molecular complexity index is 980. The predicted molar refractivity (Wildman–Crippen MR) is 131 cm³/mol. The second-order valence-electron chi connectivity index (χ2n) is 8.14. The SMILES string of the molecule is COCCOCCOCC(=O)N1CCC(c2nc(C(=O)NNC(=O)C(O)c3ccccc3)cs2)CC1. The molecule has 1 saturated heterocycles. The molecule has 1 aromatic carbocycles.